The van der Waals surface area contributed by atoms with Gasteiger partial charge in [-0.05, 0) is 37.5 Å². The zero-order valence-electron chi connectivity index (χ0n) is 11.3. The third-order valence-electron chi connectivity index (χ3n) is 2.85. The van der Waals surface area contributed by atoms with Gasteiger partial charge >= 0.3 is 0 Å². The maximum absolute atomic E-state index is 5.53. The average molecular weight is 256 g/mol. The molecule has 1 aromatic carbocycles. The molecule has 0 saturated carbocycles. The maximum Gasteiger partial charge on any atom is 0.168 e. The van der Waals surface area contributed by atoms with Crippen LogP contribution in [0, 0.1) is 0 Å². The van der Waals surface area contributed by atoms with E-state index in [1.165, 1.54) is 5.56 Å². The van der Waals surface area contributed by atoms with Crippen molar-refractivity contribution in [2.75, 3.05) is 18.5 Å². The number of aromatic nitrogens is 1. The number of ether oxygens (including phenoxy) is 1. The Morgan fingerprint density at radius 3 is 2.74 bits per heavy atom. The van der Waals surface area contributed by atoms with Crippen LogP contribution in [0.15, 0.2) is 48.7 Å². The van der Waals surface area contributed by atoms with Crippen LogP contribution in [0.3, 0.4) is 0 Å². The summed E-state index contributed by atoms with van der Waals surface area (Å²) in [6.07, 6.45) is 3.93. The van der Waals surface area contributed by atoms with Crippen molar-refractivity contribution < 1.29 is 4.74 Å². The Morgan fingerprint density at radius 2 is 1.95 bits per heavy atom. The van der Waals surface area contributed by atoms with Crippen LogP contribution in [0.4, 0.5) is 5.82 Å². The van der Waals surface area contributed by atoms with E-state index in [0.717, 1.165) is 31.0 Å². The second-order valence-electron chi connectivity index (χ2n) is 4.30. The highest BCUT2D eigenvalue weighted by atomic mass is 16.5. The predicted molar refractivity (Wildman–Crippen MR) is 78.7 cm³/mol. The molecule has 2 aromatic rings. The van der Waals surface area contributed by atoms with E-state index in [1.54, 1.807) is 6.20 Å². The van der Waals surface area contributed by atoms with E-state index in [-0.39, 0.29) is 0 Å². The number of hydrogen-bond acceptors (Lipinski definition) is 3. The summed E-state index contributed by atoms with van der Waals surface area (Å²) in [5.41, 5.74) is 1.37. The molecule has 1 N–H and O–H groups in total. The van der Waals surface area contributed by atoms with Crippen LogP contribution in [-0.2, 0) is 6.42 Å². The highest BCUT2D eigenvalue weighted by Crippen LogP contribution is 2.20. The molecule has 1 aromatic heterocycles. The Hall–Kier alpha value is -2.03. The third-order valence-corrected chi connectivity index (χ3v) is 2.85. The summed E-state index contributed by atoms with van der Waals surface area (Å²) >= 11 is 0. The van der Waals surface area contributed by atoms with E-state index < -0.39 is 0 Å². The minimum Gasteiger partial charge on any atom is -0.490 e. The molecule has 3 nitrogen and oxygen atoms in total. The van der Waals surface area contributed by atoms with Crippen LogP contribution in [0.1, 0.15) is 18.9 Å². The molecular weight excluding hydrogens is 236 g/mol. The third kappa shape index (κ3) is 4.28. The molecule has 0 radical (unpaired) electrons. The minimum absolute atomic E-state index is 0.657. The lowest BCUT2D eigenvalue weighted by atomic mass is 10.1. The molecule has 0 amide bonds. The molecule has 0 aliphatic heterocycles. The van der Waals surface area contributed by atoms with Gasteiger partial charge in [0, 0.05) is 12.7 Å². The number of aryl methyl sites for hydroxylation is 1. The molecule has 3 heteroatoms. The highest BCUT2D eigenvalue weighted by molar-refractivity contribution is 5.49. The molecule has 0 aliphatic rings. The lowest BCUT2D eigenvalue weighted by molar-refractivity contribution is 0.340. The highest BCUT2D eigenvalue weighted by Gasteiger charge is 2.02. The van der Waals surface area contributed by atoms with Crippen LogP contribution >= 0.6 is 0 Å². The summed E-state index contributed by atoms with van der Waals surface area (Å²) in [5.74, 6) is 1.65. The summed E-state index contributed by atoms with van der Waals surface area (Å²) in [5, 5.41) is 3.33. The second kappa shape index (κ2) is 7.41. The van der Waals surface area contributed by atoms with Gasteiger partial charge in [-0.1, -0.05) is 30.3 Å². The summed E-state index contributed by atoms with van der Waals surface area (Å²) in [4.78, 5) is 4.31. The molecule has 0 atom stereocenters. The van der Waals surface area contributed by atoms with Crippen LogP contribution in [0.25, 0.3) is 0 Å². The Bertz CT molecular complexity index is 485. The van der Waals surface area contributed by atoms with Gasteiger partial charge in [-0.2, -0.15) is 0 Å². The van der Waals surface area contributed by atoms with Gasteiger partial charge in [-0.15, -0.1) is 0 Å². The number of nitrogens with zero attached hydrogens (tertiary/aromatic N) is 1. The fourth-order valence-corrected chi connectivity index (χ4v) is 1.94. The van der Waals surface area contributed by atoms with Gasteiger partial charge in [0.05, 0.1) is 6.61 Å². The normalized spacial score (nSPS) is 10.2. The smallest absolute Gasteiger partial charge is 0.168 e. The zero-order valence-corrected chi connectivity index (χ0v) is 11.3. The van der Waals surface area contributed by atoms with E-state index >= 15 is 0 Å². The van der Waals surface area contributed by atoms with Crippen molar-refractivity contribution in [1.29, 1.82) is 0 Å². The van der Waals surface area contributed by atoms with Gasteiger partial charge in [-0.25, -0.2) is 4.98 Å². The van der Waals surface area contributed by atoms with Crippen molar-refractivity contribution in [3.05, 3.63) is 54.2 Å². The predicted octanol–water partition coefficient (Wildman–Crippen LogP) is 3.53. The van der Waals surface area contributed by atoms with Crippen LogP contribution in [-0.4, -0.2) is 18.1 Å². The Kier molecular flexibility index (Phi) is 5.23. The zero-order chi connectivity index (χ0) is 13.3. The molecule has 0 unspecified atom stereocenters. The van der Waals surface area contributed by atoms with Crippen molar-refractivity contribution in [3.63, 3.8) is 0 Å². The standard InChI is InChI=1S/C16H20N2O/c1-2-19-15-11-7-13-18-16(15)17-12-6-10-14-8-4-3-5-9-14/h3-5,7-9,11,13H,2,6,10,12H2,1H3,(H,17,18). The number of benzene rings is 1. The lowest BCUT2D eigenvalue weighted by Gasteiger charge is -2.10. The van der Waals surface area contributed by atoms with E-state index in [9.17, 15) is 0 Å². The van der Waals surface area contributed by atoms with Crippen molar-refractivity contribution in [2.45, 2.75) is 19.8 Å². The first kappa shape index (κ1) is 13.4. The van der Waals surface area contributed by atoms with Gasteiger partial charge in [0.2, 0.25) is 0 Å². The second-order valence-corrected chi connectivity index (χ2v) is 4.30. The molecule has 0 spiro atoms. The molecular formula is C16H20N2O. The first-order chi connectivity index (χ1) is 9.40. The molecule has 1 heterocycles. The minimum atomic E-state index is 0.657. The summed E-state index contributed by atoms with van der Waals surface area (Å²) in [6.45, 7) is 3.53. The van der Waals surface area contributed by atoms with Crippen molar-refractivity contribution >= 4 is 5.82 Å². The van der Waals surface area contributed by atoms with Gasteiger partial charge < -0.3 is 10.1 Å². The van der Waals surface area contributed by atoms with Gasteiger partial charge in [-0.3, -0.25) is 0 Å². The first-order valence-electron chi connectivity index (χ1n) is 6.75. The summed E-state index contributed by atoms with van der Waals surface area (Å²) < 4.78 is 5.53. The number of nitrogens with one attached hydrogen (secondary N) is 1. The molecule has 0 bridgehead atoms. The van der Waals surface area contributed by atoms with Gasteiger partial charge in [0.15, 0.2) is 11.6 Å². The van der Waals surface area contributed by atoms with E-state index in [2.05, 4.69) is 34.6 Å². The average Bonchev–Trinajstić information content (AvgIpc) is 2.47. The number of pyridine rings is 1. The van der Waals surface area contributed by atoms with Crippen LogP contribution in [0.2, 0.25) is 0 Å². The molecule has 0 saturated heterocycles. The maximum atomic E-state index is 5.53. The fourth-order valence-electron chi connectivity index (χ4n) is 1.94. The SMILES string of the molecule is CCOc1cccnc1NCCCc1ccccc1. The van der Waals surface area contributed by atoms with Crippen LogP contribution < -0.4 is 10.1 Å². The monoisotopic (exact) mass is 256 g/mol. The Labute approximate surface area is 114 Å². The summed E-state index contributed by atoms with van der Waals surface area (Å²) in [7, 11) is 0. The largest absolute Gasteiger partial charge is 0.490 e. The summed E-state index contributed by atoms with van der Waals surface area (Å²) in [6, 6.07) is 14.3. The van der Waals surface area contributed by atoms with Crippen molar-refractivity contribution in [3.8, 4) is 5.75 Å². The number of anilines is 1. The topological polar surface area (TPSA) is 34.1 Å². The number of rotatable bonds is 7. The van der Waals surface area contributed by atoms with Crippen LogP contribution in [0.5, 0.6) is 5.75 Å². The molecule has 100 valence electrons. The number of hydrogen-bond donors (Lipinski definition) is 1. The molecule has 0 aliphatic carbocycles. The molecule has 19 heavy (non-hydrogen) atoms. The van der Waals surface area contributed by atoms with Crippen molar-refractivity contribution in [2.24, 2.45) is 0 Å². The van der Waals surface area contributed by atoms with Gasteiger partial charge in [0.1, 0.15) is 0 Å². The van der Waals surface area contributed by atoms with E-state index in [4.69, 9.17) is 4.74 Å². The van der Waals surface area contributed by atoms with Crippen molar-refractivity contribution in [1.82, 2.24) is 4.98 Å². The first-order valence-corrected chi connectivity index (χ1v) is 6.75. The van der Waals surface area contributed by atoms with E-state index in [1.807, 2.05) is 25.1 Å². The Balaban J connectivity index is 1.79. The fraction of sp³-hybridized carbons (Fsp3) is 0.312. The van der Waals surface area contributed by atoms with Gasteiger partial charge in [0.25, 0.3) is 0 Å². The quantitative estimate of drug-likeness (QED) is 0.770. The van der Waals surface area contributed by atoms with E-state index in [0.29, 0.717) is 6.61 Å². The Morgan fingerprint density at radius 1 is 1.11 bits per heavy atom. The lowest BCUT2D eigenvalue weighted by Crippen LogP contribution is -2.06. The molecule has 2 rings (SSSR count). The molecule has 0 fully saturated rings.